The third-order valence-electron chi connectivity index (χ3n) is 3.46. The number of rotatable bonds is 4. The van der Waals surface area contributed by atoms with Crippen LogP contribution in [0.1, 0.15) is 10.4 Å². The SMILES string of the molecule is N=C/C(Br)=C\Nc1ccc(C(=O)N2CCN(C(=O)I)CC2)cc1. The zero-order valence-electron chi connectivity index (χ0n) is 12.3. The maximum absolute atomic E-state index is 12.5. The number of nitrogens with one attached hydrogen (secondary N) is 2. The number of piperazine rings is 1. The number of benzene rings is 1. The summed E-state index contributed by atoms with van der Waals surface area (Å²) in [6, 6.07) is 7.18. The van der Waals surface area contributed by atoms with E-state index in [-0.39, 0.29) is 9.82 Å². The number of hydrogen-bond acceptors (Lipinski definition) is 4. The number of hydrogen-bond donors (Lipinski definition) is 2. The minimum Gasteiger partial charge on any atom is -0.361 e. The van der Waals surface area contributed by atoms with Gasteiger partial charge in [-0.25, -0.2) is 0 Å². The zero-order chi connectivity index (χ0) is 16.8. The van der Waals surface area contributed by atoms with Crippen LogP contribution in [0.25, 0.3) is 0 Å². The Labute approximate surface area is 156 Å². The van der Waals surface area contributed by atoms with Crippen LogP contribution in [0.4, 0.5) is 10.5 Å². The molecule has 0 saturated carbocycles. The second-order valence-corrected chi connectivity index (χ2v) is 6.77. The lowest BCUT2D eigenvalue weighted by Crippen LogP contribution is -2.49. The molecule has 1 aliphatic rings. The molecule has 23 heavy (non-hydrogen) atoms. The normalized spacial score (nSPS) is 15.3. The van der Waals surface area contributed by atoms with E-state index >= 15 is 0 Å². The molecule has 8 heteroatoms. The van der Waals surface area contributed by atoms with Crippen LogP contribution in [-0.2, 0) is 0 Å². The van der Waals surface area contributed by atoms with Gasteiger partial charge in [-0.05, 0) is 40.2 Å². The molecule has 1 aromatic carbocycles. The number of amides is 2. The highest BCUT2D eigenvalue weighted by Gasteiger charge is 2.23. The Hall–Kier alpha value is -1.42. The highest BCUT2D eigenvalue weighted by molar-refractivity contribution is 14.1. The van der Waals surface area contributed by atoms with Gasteiger partial charge in [0.1, 0.15) is 0 Å². The van der Waals surface area contributed by atoms with Crippen LogP contribution in [-0.4, -0.2) is 52.0 Å². The second kappa shape index (κ2) is 8.44. The van der Waals surface area contributed by atoms with Crippen LogP contribution in [0.5, 0.6) is 0 Å². The molecule has 1 heterocycles. The number of carbonyl (C=O) groups excluding carboxylic acids is 2. The van der Waals surface area contributed by atoms with E-state index in [1.54, 1.807) is 50.7 Å². The monoisotopic (exact) mass is 490 g/mol. The molecule has 0 unspecified atom stereocenters. The lowest BCUT2D eigenvalue weighted by atomic mass is 10.1. The third kappa shape index (κ3) is 5.03. The molecular formula is C15H16BrIN4O2. The quantitative estimate of drug-likeness (QED) is 0.294. The summed E-state index contributed by atoms with van der Waals surface area (Å²) in [4.78, 5) is 27.3. The molecule has 1 fully saturated rings. The Morgan fingerprint density at radius 2 is 1.70 bits per heavy atom. The number of halogens is 2. The van der Waals surface area contributed by atoms with Crippen molar-refractivity contribution in [1.29, 1.82) is 5.41 Å². The van der Waals surface area contributed by atoms with E-state index < -0.39 is 0 Å². The molecule has 0 spiro atoms. The summed E-state index contributed by atoms with van der Waals surface area (Å²) in [5, 5.41) is 10.1. The second-order valence-electron chi connectivity index (χ2n) is 4.93. The first kappa shape index (κ1) is 17.9. The van der Waals surface area contributed by atoms with Crippen LogP contribution >= 0.6 is 38.5 Å². The highest BCUT2D eigenvalue weighted by Crippen LogP contribution is 2.14. The molecule has 0 aromatic heterocycles. The predicted octanol–water partition coefficient (Wildman–Crippen LogP) is 3.30. The van der Waals surface area contributed by atoms with E-state index in [0.717, 1.165) is 5.69 Å². The molecule has 2 amide bonds. The molecule has 2 rings (SSSR count). The van der Waals surface area contributed by atoms with E-state index in [0.29, 0.717) is 36.2 Å². The molecule has 0 bridgehead atoms. The van der Waals surface area contributed by atoms with Gasteiger partial charge in [-0.15, -0.1) is 0 Å². The van der Waals surface area contributed by atoms with Crippen molar-refractivity contribution in [3.8, 4) is 0 Å². The van der Waals surface area contributed by atoms with E-state index in [4.69, 9.17) is 5.41 Å². The Kier molecular flexibility index (Phi) is 6.58. The summed E-state index contributed by atoms with van der Waals surface area (Å²) in [7, 11) is 0. The van der Waals surface area contributed by atoms with Crippen LogP contribution in [0.15, 0.2) is 34.9 Å². The number of nitrogens with zero attached hydrogens (tertiary/aromatic N) is 2. The first-order valence-corrected chi connectivity index (χ1v) is 8.85. The van der Waals surface area contributed by atoms with Crippen LogP contribution in [0, 0.1) is 5.41 Å². The summed E-state index contributed by atoms with van der Waals surface area (Å²) < 4.78 is 0.648. The molecule has 1 saturated heterocycles. The van der Waals surface area contributed by atoms with Crippen molar-refractivity contribution in [1.82, 2.24) is 9.80 Å². The van der Waals surface area contributed by atoms with Crippen molar-refractivity contribution >= 4 is 60.2 Å². The van der Waals surface area contributed by atoms with E-state index in [9.17, 15) is 9.59 Å². The number of anilines is 1. The van der Waals surface area contributed by atoms with Gasteiger partial charge in [0.15, 0.2) is 0 Å². The largest absolute Gasteiger partial charge is 0.361 e. The van der Waals surface area contributed by atoms with Crippen molar-refractivity contribution in [2.45, 2.75) is 0 Å². The maximum atomic E-state index is 12.5. The molecule has 0 aliphatic carbocycles. The molecule has 1 aromatic rings. The lowest BCUT2D eigenvalue weighted by Gasteiger charge is -2.33. The van der Waals surface area contributed by atoms with Gasteiger partial charge in [0.25, 0.3) is 9.82 Å². The Bertz CT molecular complexity index is 625. The fourth-order valence-electron chi connectivity index (χ4n) is 2.17. The van der Waals surface area contributed by atoms with Crippen molar-refractivity contribution in [3.63, 3.8) is 0 Å². The number of carbonyl (C=O) groups is 2. The van der Waals surface area contributed by atoms with Gasteiger partial charge in [0, 0.05) is 72.4 Å². The molecule has 6 nitrogen and oxygen atoms in total. The average Bonchev–Trinajstić information content (AvgIpc) is 2.59. The average molecular weight is 491 g/mol. The summed E-state index contributed by atoms with van der Waals surface area (Å²) in [5.41, 5.74) is 1.46. The van der Waals surface area contributed by atoms with Crippen LogP contribution in [0.3, 0.4) is 0 Å². The van der Waals surface area contributed by atoms with Crippen molar-refractivity contribution in [3.05, 3.63) is 40.5 Å². The fraction of sp³-hybridized carbons (Fsp3) is 0.267. The maximum Gasteiger partial charge on any atom is 0.283 e. The first-order chi connectivity index (χ1) is 11.0. The summed E-state index contributed by atoms with van der Waals surface area (Å²) in [6.07, 6.45) is 2.84. The molecule has 0 radical (unpaired) electrons. The standard InChI is InChI=1S/C15H16BrIN4O2/c16-12(9-18)10-19-13-3-1-11(2-4-13)14(22)20-5-7-21(8-6-20)15(17)23/h1-4,9-10,18-19H,5-8H2/b12-10+,18-9?. The van der Waals surface area contributed by atoms with Gasteiger partial charge < -0.3 is 20.5 Å². The van der Waals surface area contributed by atoms with Gasteiger partial charge in [-0.3, -0.25) is 9.59 Å². The molecule has 122 valence electrons. The van der Waals surface area contributed by atoms with E-state index in [2.05, 4.69) is 21.2 Å². The molecule has 2 N–H and O–H groups in total. The van der Waals surface area contributed by atoms with Crippen molar-refractivity contribution in [2.75, 3.05) is 31.5 Å². The highest BCUT2D eigenvalue weighted by atomic mass is 127. The number of allylic oxidation sites excluding steroid dienone is 1. The van der Waals surface area contributed by atoms with Gasteiger partial charge in [-0.1, -0.05) is 0 Å². The zero-order valence-corrected chi connectivity index (χ0v) is 16.0. The van der Waals surface area contributed by atoms with Crippen molar-refractivity contribution < 1.29 is 9.59 Å². The van der Waals surface area contributed by atoms with Crippen LogP contribution < -0.4 is 5.32 Å². The summed E-state index contributed by atoms with van der Waals surface area (Å²) in [6.45, 7) is 2.27. The van der Waals surface area contributed by atoms with Gasteiger partial charge >= 0.3 is 0 Å². The topological polar surface area (TPSA) is 76.5 Å². The van der Waals surface area contributed by atoms with Crippen molar-refractivity contribution in [2.24, 2.45) is 0 Å². The minimum absolute atomic E-state index is 0.0201. The smallest absolute Gasteiger partial charge is 0.283 e. The Morgan fingerprint density at radius 3 is 2.22 bits per heavy atom. The predicted molar refractivity (Wildman–Crippen MR) is 103 cm³/mol. The van der Waals surface area contributed by atoms with Crippen LogP contribution in [0.2, 0.25) is 0 Å². The Morgan fingerprint density at radius 1 is 1.13 bits per heavy atom. The summed E-state index contributed by atoms with van der Waals surface area (Å²) in [5.74, 6) is -0.0201. The summed E-state index contributed by atoms with van der Waals surface area (Å²) >= 11 is 4.98. The first-order valence-electron chi connectivity index (χ1n) is 6.97. The van der Waals surface area contributed by atoms with Gasteiger partial charge in [-0.2, -0.15) is 0 Å². The minimum atomic E-state index is -0.0201. The molecule has 1 aliphatic heterocycles. The van der Waals surface area contributed by atoms with Gasteiger partial charge in [0.2, 0.25) is 0 Å². The lowest BCUT2D eigenvalue weighted by molar-refractivity contribution is 0.0678. The third-order valence-corrected chi connectivity index (χ3v) is 4.60. The molecular weight excluding hydrogens is 475 g/mol. The van der Waals surface area contributed by atoms with E-state index in [1.165, 1.54) is 6.21 Å². The van der Waals surface area contributed by atoms with E-state index in [1.807, 2.05) is 12.1 Å². The van der Waals surface area contributed by atoms with Gasteiger partial charge in [0.05, 0.1) is 4.48 Å². The fourth-order valence-corrected chi connectivity index (χ4v) is 2.77. The Balaban J connectivity index is 1.95. The molecule has 0 atom stereocenters.